The molecule has 0 aliphatic carbocycles. The van der Waals surface area contributed by atoms with Crippen LogP contribution in [-0.4, -0.2) is 37.7 Å². The zero-order chi connectivity index (χ0) is 13.4. The molecular weight excluding hydrogens is 228 g/mol. The molecule has 1 fully saturated rings. The zero-order valence-corrected chi connectivity index (χ0v) is 12.1. The second-order valence-corrected chi connectivity index (χ2v) is 5.28. The van der Waals surface area contributed by atoms with E-state index in [1.807, 2.05) is 0 Å². The first kappa shape index (κ1) is 15.4. The van der Waals surface area contributed by atoms with Gasteiger partial charge in [0.15, 0.2) is 0 Å². The molecule has 1 heterocycles. The number of hydrogen-bond acceptors (Lipinski definition) is 3. The molecule has 0 radical (unpaired) electrons. The third kappa shape index (κ3) is 3.95. The Kier molecular flexibility index (Phi) is 6.65. The van der Waals surface area contributed by atoms with Crippen molar-refractivity contribution in [3.63, 3.8) is 0 Å². The lowest BCUT2D eigenvalue weighted by Gasteiger charge is -2.30. The first-order valence-corrected chi connectivity index (χ1v) is 7.23. The van der Waals surface area contributed by atoms with Crippen LogP contribution >= 0.6 is 0 Å². The van der Waals surface area contributed by atoms with Crippen LogP contribution in [0.2, 0.25) is 0 Å². The molecule has 1 aliphatic rings. The van der Waals surface area contributed by atoms with Crippen molar-refractivity contribution in [3.05, 3.63) is 0 Å². The molecular formula is C14H28N2O2. The number of amides is 1. The third-order valence-corrected chi connectivity index (χ3v) is 3.70. The smallest absolute Gasteiger partial charge is 0.240 e. The van der Waals surface area contributed by atoms with Crippen LogP contribution in [0.4, 0.5) is 0 Å². The minimum atomic E-state index is -0.325. The Morgan fingerprint density at radius 2 is 2.22 bits per heavy atom. The van der Waals surface area contributed by atoms with Crippen molar-refractivity contribution in [2.45, 2.75) is 64.0 Å². The number of carbonyl (C=O) groups is 1. The second kappa shape index (κ2) is 7.74. The van der Waals surface area contributed by atoms with Gasteiger partial charge in [-0.15, -0.1) is 0 Å². The fourth-order valence-corrected chi connectivity index (χ4v) is 2.82. The van der Waals surface area contributed by atoms with Crippen LogP contribution in [0.25, 0.3) is 0 Å². The van der Waals surface area contributed by atoms with Crippen LogP contribution in [0.15, 0.2) is 0 Å². The molecule has 4 heteroatoms. The zero-order valence-electron chi connectivity index (χ0n) is 12.1. The summed E-state index contributed by atoms with van der Waals surface area (Å²) < 4.78 is 5.18. The number of hydrogen-bond donors (Lipinski definition) is 2. The van der Waals surface area contributed by atoms with Gasteiger partial charge in [0.05, 0.1) is 18.2 Å². The normalized spacial score (nSPS) is 25.1. The lowest BCUT2D eigenvalue weighted by Crippen LogP contribution is -2.56. The van der Waals surface area contributed by atoms with Gasteiger partial charge in [-0.25, -0.2) is 0 Å². The van der Waals surface area contributed by atoms with Gasteiger partial charge in [-0.2, -0.15) is 0 Å². The highest BCUT2D eigenvalue weighted by Crippen LogP contribution is 2.25. The summed E-state index contributed by atoms with van der Waals surface area (Å²) in [7, 11) is 1.68. The van der Waals surface area contributed by atoms with Crippen LogP contribution in [0.1, 0.15) is 52.4 Å². The minimum absolute atomic E-state index is 0.142. The average molecular weight is 256 g/mol. The highest BCUT2D eigenvalue weighted by Gasteiger charge is 2.40. The van der Waals surface area contributed by atoms with Crippen molar-refractivity contribution >= 4 is 5.91 Å². The van der Waals surface area contributed by atoms with Gasteiger partial charge in [0, 0.05) is 7.11 Å². The molecule has 1 amide bonds. The molecule has 0 bridgehead atoms. The second-order valence-electron chi connectivity index (χ2n) is 5.28. The number of methoxy groups -OCH3 is 1. The van der Waals surface area contributed by atoms with Crippen molar-refractivity contribution in [2.75, 3.05) is 20.3 Å². The van der Waals surface area contributed by atoms with E-state index >= 15 is 0 Å². The molecule has 0 aromatic heterocycles. The number of nitrogens with one attached hydrogen (secondary N) is 2. The van der Waals surface area contributed by atoms with Crippen molar-refractivity contribution in [2.24, 2.45) is 0 Å². The summed E-state index contributed by atoms with van der Waals surface area (Å²) in [5, 5.41) is 6.57. The maximum absolute atomic E-state index is 12.5. The monoisotopic (exact) mass is 256 g/mol. The predicted octanol–water partition coefficient (Wildman–Crippen LogP) is 1.84. The molecule has 0 aromatic carbocycles. The number of carbonyl (C=O) groups excluding carboxylic acids is 1. The highest BCUT2D eigenvalue weighted by molar-refractivity contribution is 5.86. The predicted molar refractivity (Wildman–Crippen MR) is 73.6 cm³/mol. The van der Waals surface area contributed by atoms with E-state index < -0.39 is 0 Å². The van der Waals surface area contributed by atoms with Crippen LogP contribution < -0.4 is 10.6 Å². The Morgan fingerprint density at radius 1 is 1.44 bits per heavy atom. The van der Waals surface area contributed by atoms with Crippen LogP contribution in [-0.2, 0) is 9.53 Å². The van der Waals surface area contributed by atoms with Crippen molar-refractivity contribution < 1.29 is 9.53 Å². The Bertz CT molecular complexity index is 244. The average Bonchev–Trinajstić information content (AvgIpc) is 2.80. The summed E-state index contributed by atoms with van der Waals surface area (Å²) in [4.78, 5) is 12.5. The van der Waals surface area contributed by atoms with Gasteiger partial charge in [0.25, 0.3) is 0 Å². The molecule has 2 N–H and O–H groups in total. The Balaban J connectivity index is 2.59. The molecule has 2 atom stereocenters. The van der Waals surface area contributed by atoms with Crippen molar-refractivity contribution in [3.8, 4) is 0 Å². The summed E-state index contributed by atoms with van der Waals surface area (Å²) in [6.07, 6.45) is 6.03. The molecule has 0 spiro atoms. The molecule has 1 saturated heterocycles. The molecule has 0 saturated carbocycles. The number of rotatable bonds is 8. The molecule has 106 valence electrons. The van der Waals surface area contributed by atoms with E-state index in [9.17, 15) is 4.79 Å². The lowest BCUT2D eigenvalue weighted by atomic mass is 9.90. The Hall–Kier alpha value is -0.610. The molecule has 1 rings (SSSR count). The SMILES string of the molecule is CCCC(COC)NC(=O)C1(CCC)CCCN1. The highest BCUT2D eigenvalue weighted by atomic mass is 16.5. The quantitative estimate of drug-likeness (QED) is 0.697. The Labute approximate surface area is 111 Å². The molecule has 4 nitrogen and oxygen atoms in total. The van der Waals surface area contributed by atoms with Crippen LogP contribution in [0.3, 0.4) is 0 Å². The van der Waals surface area contributed by atoms with Gasteiger partial charge < -0.3 is 15.4 Å². The van der Waals surface area contributed by atoms with Gasteiger partial charge in [0.2, 0.25) is 5.91 Å². The summed E-state index contributed by atoms with van der Waals surface area (Å²) >= 11 is 0. The summed E-state index contributed by atoms with van der Waals surface area (Å²) in [5.74, 6) is 0.164. The van der Waals surface area contributed by atoms with E-state index in [-0.39, 0.29) is 17.5 Å². The standard InChI is InChI=1S/C14H28N2O2/c1-4-7-12(11-18-3)16-13(17)14(8-5-2)9-6-10-15-14/h12,15H,4-11H2,1-3H3,(H,16,17). The molecule has 1 aliphatic heterocycles. The van der Waals surface area contributed by atoms with Crippen LogP contribution in [0, 0.1) is 0 Å². The third-order valence-electron chi connectivity index (χ3n) is 3.70. The minimum Gasteiger partial charge on any atom is -0.383 e. The van der Waals surface area contributed by atoms with Gasteiger partial charge in [-0.1, -0.05) is 26.7 Å². The number of ether oxygens (including phenoxy) is 1. The van der Waals surface area contributed by atoms with E-state index in [0.29, 0.717) is 6.61 Å². The van der Waals surface area contributed by atoms with E-state index in [1.54, 1.807) is 7.11 Å². The van der Waals surface area contributed by atoms with E-state index in [2.05, 4.69) is 24.5 Å². The van der Waals surface area contributed by atoms with E-state index in [1.165, 1.54) is 0 Å². The summed E-state index contributed by atoms with van der Waals surface area (Å²) in [6.45, 7) is 5.82. The van der Waals surface area contributed by atoms with Crippen LogP contribution in [0.5, 0.6) is 0 Å². The van der Waals surface area contributed by atoms with Gasteiger partial charge in [-0.3, -0.25) is 4.79 Å². The largest absolute Gasteiger partial charge is 0.383 e. The van der Waals surface area contributed by atoms with Gasteiger partial charge in [-0.05, 0) is 32.2 Å². The Morgan fingerprint density at radius 3 is 2.72 bits per heavy atom. The topological polar surface area (TPSA) is 50.4 Å². The van der Waals surface area contributed by atoms with Gasteiger partial charge in [0.1, 0.15) is 0 Å². The van der Waals surface area contributed by atoms with Crippen molar-refractivity contribution in [1.82, 2.24) is 10.6 Å². The first-order chi connectivity index (χ1) is 8.68. The summed E-state index contributed by atoms with van der Waals surface area (Å²) in [6, 6.07) is 0.142. The maximum Gasteiger partial charge on any atom is 0.240 e. The molecule has 0 aromatic rings. The fourth-order valence-electron chi connectivity index (χ4n) is 2.82. The van der Waals surface area contributed by atoms with Crippen molar-refractivity contribution in [1.29, 1.82) is 0 Å². The first-order valence-electron chi connectivity index (χ1n) is 7.23. The van der Waals surface area contributed by atoms with E-state index in [4.69, 9.17) is 4.74 Å². The van der Waals surface area contributed by atoms with Gasteiger partial charge >= 0.3 is 0 Å². The maximum atomic E-state index is 12.5. The fraction of sp³-hybridized carbons (Fsp3) is 0.929. The van der Waals surface area contributed by atoms with E-state index in [0.717, 1.165) is 45.1 Å². The molecule has 2 unspecified atom stereocenters. The molecule has 18 heavy (non-hydrogen) atoms. The summed E-state index contributed by atoms with van der Waals surface area (Å²) in [5.41, 5.74) is -0.325. The lowest BCUT2D eigenvalue weighted by molar-refractivity contribution is -0.128.